The van der Waals surface area contributed by atoms with Gasteiger partial charge < -0.3 is 4.74 Å². The van der Waals surface area contributed by atoms with Crippen LogP contribution in [0.1, 0.15) is 48.7 Å². The maximum absolute atomic E-state index is 14.0. The van der Waals surface area contributed by atoms with Gasteiger partial charge in [-0.15, -0.1) is 11.3 Å². The molecule has 0 amide bonds. The molecule has 0 bridgehead atoms. The molecule has 37 heavy (non-hydrogen) atoms. The molecule has 1 saturated heterocycles. The second-order valence-corrected chi connectivity index (χ2v) is 10.9. The number of nitrogens with zero attached hydrogens (tertiary/aromatic N) is 2. The average Bonchev–Trinajstić information content (AvgIpc) is 3.41. The molecule has 0 spiro atoms. The summed E-state index contributed by atoms with van der Waals surface area (Å²) in [5, 5.41) is 1.84. The molecule has 1 saturated carbocycles. The van der Waals surface area contributed by atoms with Gasteiger partial charge in [0, 0.05) is 31.0 Å². The van der Waals surface area contributed by atoms with Gasteiger partial charge >= 0.3 is 5.97 Å². The van der Waals surface area contributed by atoms with Gasteiger partial charge in [0.1, 0.15) is 24.3 Å². The Morgan fingerprint density at radius 1 is 1.24 bits per heavy atom. The van der Waals surface area contributed by atoms with Crippen LogP contribution in [0.4, 0.5) is 17.6 Å². The van der Waals surface area contributed by atoms with Crippen LogP contribution in [0.15, 0.2) is 46.6 Å². The maximum Gasteiger partial charge on any atom is 0.331 e. The summed E-state index contributed by atoms with van der Waals surface area (Å²) in [6.45, 7) is 3.26. The Bertz CT molecular complexity index is 1030. The SMILES string of the molecule is CCC1CCN(CC(=O)c2cccs2)CC1OC(=O)C(N=C1CC(F)C(F)C(F)C1)C1C=C(F)C=CC1. The number of Topliss-reactive ketones (excluding diaryl/α,β-unsaturated/α-hetero) is 1. The summed E-state index contributed by atoms with van der Waals surface area (Å²) in [5.74, 6) is -1.87. The lowest BCUT2D eigenvalue weighted by Gasteiger charge is -2.38. The van der Waals surface area contributed by atoms with E-state index in [0.717, 1.165) is 12.8 Å². The first-order valence-corrected chi connectivity index (χ1v) is 13.6. The van der Waals surface area contributed by atoms with Gasteiger partial charge in [0.15, 0.2) is 18.0 Å². The van der Waals surface area contributed by atoms with Crippen molar-refractivity contribution in [3.63, 3.8) is 0 Å². The van der Waals surface area contributed by atoms with Crippen molar-refractivity contribution in [2.24, 2.45) is 16.8 Å². The number of alkyl halides is 3. The number of carbonyl (C=O) groups excluding carboxylic acids is 2. The average molecular weight is 541 g/mol. The van der Waals surface area contributed by atoms with Crippen LogP contribution in [0.25, 0.3) is 0 Å². The fourth-order valence-electron chi connectivity index (χ4n) is 5.21. The van der Waals surface area contributed by atoms with Crippen LogP contribution >= 0.6 is 11.3 Å². The Morgan fingerprint density at radius 3 is 2.65 bits per heavy atom. The van der Waals surface area contributed by atoms with Crippen molar-refractivity contribution < 1.29 is 31.9 Å². The van der Waals surface area contributed by atoms with Gasteiger partial charge in [-0.3, -0.25) is 14.7 Å². The van der Waals surface area contributed by atoms with E-state index < -0.39 is 61.2 Å². The maximum atomic E-state index is 14.0. The fraction of sp³-hybridized carbons (Fsp3) is 0.593. The Balaban J connectivity index is 1.50. The van der Waals surface area contributed by atoms with Crippen LogP contribution in [0.5, 0.6) is 0 Å². The van der Waals surface area contributed by atoms with E-state index in [4.69, 9.17) is 4.74 Å². The fourth-order valence-corrected chi connectivity index (χ4v) is 5.86. The number of hydrogen-bond acceptors (Lipinski definition) is 6. The predicted octanol–water partition coefficient (Wildman–Crippen LogP) is 5.62. The number of ether oxygens (including phenoxy) is 1. The van der Waals surface area contributed by atoms with Crippen molar-refractivity contribution in [1.82, 2.24) is 4.90 Å². The minimum atomic E-state index is -2.23. The van der Waals surface area contributed by atoms with Crippen molar-refractivity contribution in [1.29, 1.82) is 0 Å². The first-order chi connectivity index (χ1) is 17.7. The molecular weight excluding hydrogens is 508 g/mol. The molecule has 2 heterocycles. The van der Waals surface area contributed by atoms with Gasteiger partial charge in [-0.05, 0) is 55.3 Å². The lowest BCUT2D eigenvalue weighted by molar-refractivity contribution is -0.157. The molecule has 0 N–H and O–H groups in total. The highest BCUT2D eigenvalue weighted by atomic mass is 32.1. The normalized spacial score (nSPS) is 31.5. The number of esters is 1. The van der Waals surface area contributed by atoms with Crippen molar-refractivity contribution in [3.8, 4) is 0 Å². The zero-order valence-electron chi connectivity index (χ0n) is 20.7. The van der Waals surface area contributed by atoms with E-state index >= 15 is 0 Å². The van der Waals surface area contributed by atoms with E-state index in [2.05, 4.69) is 4.99 Å². The third kappa shape index (κ3) is 6.96. The van der Waals surface area contributed by atoms with Crippen LogP contribution in [0, 0.1) is 11.8 Å². The van der Waals surface area contributed by atoms with Crippen LogP contribution in [0.3, 0.4) is 0 Å². The van der Waals surface area contributed by atoms with Crippen LogP contribution in [0.2, 0.25) is 0 Å². The monoisotopic (exact) mass is 540 g/mol. The van der Waals surface area contributed by atoms with Gasteiger partial charge in [0.25, 0.3) is 0 Å². The summed E-state index contributed by atoms with van der Waals surface area (Å²) >= 11 is 1.38. The molecule has 202 valence electrons. The van der Waals surface area contributed by atoms with Crippen molar-refractivity contribution in [2.45, 2.75) is 69.7 Å². The summed E-state index contributed by atoms with van der Waals surface area (Å²) in [6.07, 6.45) is -1.75. The topological polar surface area (TPSA) is 59.0 Å². The van der Waals surface area contributed by atoms with Gasteiger partial charge in [0.05, 0.1) is 11.4 Å². The quantitative estimate of drug-likeness (QED) is 0.244. The molecular formula is C27H32F4N2O3S. The molecule has 1 aromatic heterocycles. The van der Waals surface area contributed by atoms with Crippen LogP contribution in [-0.4, -0.2) is 72.7 Å². The third-order valence-electron chi connectivity index (χ3n) is 7.31. The third-order valence-corrected chi connectivity index (χ3v) is 8.23. The predicted molar refractivity (Wildman–Crippen MR) is 135 cm³/mol. The molecule has 2 fully saturated rings. The molecule has 0 aromatic carbocycles. The molecule has 0 radical (unpaired) electrons. The number of piperidine rings is 1. The zero-order chi connectivity index (χ0) is 26.5. The van der Waals surface area contributed by atoms with Gasteiger partial charge in [-0.25, -0.2) is 22.4 Å². The summed E-state index contributed by atoms with van der Waals surface area (Å²) < 4.78 is 61.7. The number of hydrogen-bond donors (Lipinski definition) is 0. The van der Waals surface area contributed by atoms with Crippen molar-refractivity contribution >= 4 is 28.8 Å². The van der Waals surface area contributed by atoms with Gasteiger partial charge in [-0.1, -0.05) is 19.1 Å². The van der Waals surface area contributed by atoms with Crippen LogP contribution < -0.4 is 0 Å². The van der Waals surface area contributed by atoms with Gasteiger partial charge in [-0.2, -0.15) is 0 Å². The van der Waals surface area contributed by atoms with E-state index in [1.807, 2.05) is 23.3 Å². The zero-order valence-corrected chi connectivity index (χ0v) is 21.5. The molecule has 1 aromatic rings. The van der Waals surface area contributed by atoms with Crippen molar-refractivity contribution in [3.05, 3.63) is 46.4 Å². The first-order valence-electron chi connectivity index (χ1n) is 12.8. The Kier molecular flexibility index (Phi) is 9.34. The number of halogens is 4. The van der Waals surface area contributed by atoms with E-state index in [9.17, 15) is 27.2 Å². The van der Waals surface area contributed by atoms with E-state index in [0.29, 0.717) is 24.4 Å². The second-order valence-electron chi connectivity index (χ2n) is 9.95. The largest absolute Gasteiger partial charge is 0.459 e. The number of aliphatic imine (C=N–C) groups is 1. The molecule has 3 aliphatic rings. The lowest BCUT2D eigenvalue weighted by atomic mass is 9.89. The molecule has 5 nitrogen and oxygen atoms in total. The van der Waals surface area contributed by atoms with E-state index in [-0.39, 0.29) is 24.0 Å². The molecule has 1 aliphatic heterocycles. The molecule has 6 unspecified atom stereocenters. The highest BCUT2D eigenvalue weighted by Crippen LogP contribution is 2.31. The molecule has 4 rings (SSSR count). The first kappa shape index (κ1) is 27.7. The highest BCUT2D eigenvalue weighted by molar-refractivity contribution is 7.12. The summed E-state index contributed by atoms with van der Waals surface area (Å²) in [7, 11) is 0. The standard InChI is InChI=1S/C27H32F4N2O3S/c1-2-16-8-9-33(14-22(34)24-7-4-10-37-24)15-23(16)36-27(35)26(17-5-3-6-18(28)11-17)32-19-12-20(29)25(31)21(30)13-19/h3-4,6-7,10-11,16-17,20-21,23,25-26H,2,5,8-9,12-15H2,1H3. The van der Waals surface area contributed by atoms with Gasteiger partial charge in [0.2, 0.25) is 0 Å². The number of rotatable bonds is 8. The molecule has 6 atom stereocenters. The number of carbonyl (C=O) groups is 2. The number of likely N-dealkylation sites (tertiary alicyclic amines) is 1. The number of ketones is 1. The second kappa shape index (κ2) is 12.5. The minimum absolute atomic E-state index is 0.000995. The Hall–Kier alpha value is -2.33. The highest BCUT2D eigenvalue weighted by Gasteiger charge is 2.40. The lowest BCUT2D eigenvalue weighted by Crippen LogP contribution is -2.48. The molecule has 2 aliphatic carbocycles. The Labute approximate surface area is 218 Å². The van der Waals surface area contributed by atoms with Crippen LogP contribution in [-0.2, 0) is 9.53 Å². The summed E-state index contributed by atoms with van der Waals surface area (Å²) in [5.41, 5.74) is 0.0538. The van der Waals surface area contributed by atoms with Crippen molar-refractivity contribution in [2.75, 3.05) is 19.6 Å². The summed E-state index contributed by atoms with van der Waals surface area (Å²) in [4.78, 5) is 33.0. The smallest absolute Gasteiger partial charge is 0.331 e. The minimum Gasteiger partial charge on any atom is -0.459 e. The van der Waals surface area contributed by atoms with E-state index in [1.165, 1.54) is 23.5 Å². The number of allylic oxidation sites excluding steroid dienone is 3. The Morgan fingerprint density at radius 2 is 2.00 bits per heavy atom. The number of thiophene rings is 1. The summed E-state index contributed by atoms with van der Waals surface area (Å²) in [6, 6.07) is 2.39. The van der Waals surface area contributed by atoms with E-state index in [1.54, 1.807) is 12.1 Å². The molecule has 10 heteroatoms.